The first-order valence-corrected chi connectivity index (χ1v) is 5.36. The van der Waals surface area contributed by atoms with E-state index in [1.807, 2.05) is 12.1 Å². The number of furan rings is 1. The molecule has 0 amide bonds. The van der Waals surface area contributed by atoms with Crippen molar-refractivity contribution in [2.24, 2.45) is 0 Å². The second-order valence-corrected chi connectivity index (χ2v) is 3.72. The van der Waals surface area contributed by atoms with Gasteiger partial charge in [0.2, 0.25) is 5.89 Å². The van der Waals surface area contributed by atoms with E-state index in [0.29, 0.717) is 11.9 Å². The second-order valence-electron chi connectivity index (χ2n) is 3.72. The van der Waals surface area contributed by atoms with Crippen molar-refractivity contribution in [1.29, 1.82) is 0 Å². The van der Waals surface area contributed by atoms with Gasteiger partial charge in [-0.15, -0.1) is 0 Å². The first-order chi connectivity index (χ1) is 7.84. The van der Waals surface area contributed by atoms with Crippen molar-refractivity contribution in [2.75, 3.05) is 6.54 Å². The Hall–Kier alpha value is -1.62. The largest absolute Gasteiger partial charge is 0.469 e. The van der Waals surface area contributed by atoms with Gasteiger partial charge >= 0.3 is 0 Å². The first-order valence-electron chi connectivity index (χ1n) is 5.36. The summed E-state index contributed by atoms with van der Waals surface area (Å²) in [7, 11) is 0. The van der Waals surface area contributed by atoms with Gasteiger partial charge in [-0.25, -0.2) is 0 Å². The highest BCUT2D eigenvalue weighted by molar-refractivity contribution is 4.99. The molecule has 0 aromatic carbocycles. The van der Waals surface area contributed by atoms with E-state index in [1.54, 1.807) is 6.26 Å². The normalized spacial score (nSPS) is 12.8. The molecule has 86 valence electrons. The molecule has 2 heterocycles. The van der Waals surface area contributed by atoms with Gasteiger partial charge in [0.15, 0.2) is 6.33 Å². The zero-order valence-corrected chi connectivity index (χ0v) is 9.22. The van der Waals surface area contributed by atoms with Gasteiger partial charge in [-0.1, -0.05) is 5.16 Å². The van der Waals surface area contributed by atoms with Crippen LogP contribution in [0.5, 0.6) is 0 Å². The molecule has 0 radical (unpaired) electrons. The highest BCUT2D eigenvalue weighted by atomic mass is 16.5. The molecule has 0 fully saturated rings. The fourth-order valence-electron chi connectivity index (χ4n) is 1.53. The van der Waals surface area contributed by atoms with Crippen molar-refractivity contribution >= 4 is 0 Å². The molecule has 0 spiro atoms. The van der Waals surface area contributed by atoms with Crippen molar-refractivity contribution in [3.63, 3.8) is 0 Å². The third-order valence-corrected chi connectivity index (χ3v) is 2.33. The minimum absolute atomic E-state index is 0.370. The summed E-state index contributed by atoms with van der Waals surface area (Å²) in [5, 5.41) is 6.92. The van der Waals surface area contributed by atoms with Gasteiger partial charge in [-0.3, -0.25) is 0 Å². The van der Waals surface area contributed by atoms with Gasteiger partial charge in [0.1, 0.15) is 5.76 Å². The number of aromatic nitrogens is 2. The van der Waals surface area contributed by atoms with Crippen LogP contribution in [0.15, 0.2) is 33.7 Å². The van der Waals surface area contributed by atoms with Crippen LogP contribution in [0, 0.1) is 0 Å². The van der Waals surface area contributed by atoms with E-state index < -0.39 is 0 Å². The minimum Gasteiger partial charge on any atom is -0.469 e. The van der Waals surface area contributed by atoms with Crippen LogP contribution in [-0.2, 0) is 12.8 Å². The van der Waals surface area contributed by atoms with E-state index >= 15 is 0 Å². The molecule has 0 aliphatic carbocycles. The lowest BCUT2D eigenvalue weighted by Crippen LogP contribution is -2.29. The third kappa shape index (κ3) is 3.20. The molecule has 0 saturated carbocycles. The maximum absolute atomic E-state index is 5.28. The number of nitrogens with zero attached hydrogens (tertiary/aromatic N) is 2. The molecule has 1 atom stereocenters. The Morgan fingerprint density at radius 1 is 1.50 bits per heavy atom. The maximum atomic E-state index is 5.28. The van der Waals surface area contributed by atoms with E-state index in [4.69, 9.17) is 8.94 Å². The molecular weight excluding hydrogens is 206 g/mol. The molecule has 0 aliphatic rings. The van der Waals surface area contributed by atoms with Crippen molar-refractivity contribution < 1.29 is 8.94 Å². The summed E-state index contributed by atoms with van der Waals surface area (Å²) < 4.78 is 10.2. The molecular formula is C11H15N3O2. The summed E-state index contributed by atoms with van der Waals surface area (Å²) in [6, 6.07) is 4.26. The second kappa shape index (κ2) is 5.46. The van der Waals surface area contributed by atoms with Crippen molar-refractivity contribution in [2.45, 2.75) is 25.8 Å². The van der Waals surface area contributed by atoms with E-state index in [2.05, 4.69) is 22.4 Å². The summed E-state index contributed by atoms with van der Waals surface area (Å²) in [4.78, 5) is 3.95. The lowest BCUT2D eigenvalue weighted by molar-refractivity contribution is 0.370. The summed E-state index contributed by atoms with van der Waals surface area (Å²) in [6.07, 6.45) is 4.75. The molecule has 0 saturated heterocycles. The highest BCUT2D eigenvalue weighted by Gasteiger charge is 2.05. The predicted octanol–water partition coefficient (Wildman–Crippen LogP) is 1.43. The van der Waals surface area contributed by atoms with Gasteiger partial charge in [0.25, 0.3) is 0 Å². The lowest BCUT2D eigenvalue weighted by atomic mass is 10.2. The number of hydrogen-bond acceptors (Lipinski definition) is 5. The predicted molar refractivity (Wildman–Crippen MR) is 57.9 cm³/mol. The van der Waals surface area contributed by atoms with Gasteiger partial charge in [0.05, 0.1) is 6.26 Å². The Labute approximate surface area is 93.8 Å². The molecule has 0 bridgehead atoms. The summed E-state index contributed by atoms with van der Waals surface area (Å²) in [5.74, 6) is 1.66. The Balaban J connectivity index is 1.66. The van der Waals surface area contributed by atoms with Gasteiger partial charge < -0.3 is 14.3 Å². The Bertz CT molecular complexity index is 383. The highest BCUT2D eigenvalue weighted by Crippen LogP contribution is 2.03. The van der Waals surface area contributed by atoms with Crippen LogP contribution in [0.3, 0.4) is 0 Å². The molecule has 5 heteroatoms. The zero-order chi connectivity index (χ0) is 11.2. The van der Waals surface area contributed by atoms with E-state index in [1.165, 1.54) is 6.33 Å². The fraction of sp³-hybridized carbons (Fsp3) is 0.455. The van der Waals surface area contributed by atoms with E-state index in [0.717, 1.165) is 25.1 Å². The van der Waals surface area contributed by atoms with Crippen LogP contribution < -0.4 is 5.32 Å². The molecule has 2 aromatic heterocycles. The van der Waals surface area contributed by atoms with Gasteiger partial charge in [0, 0.05) is 25.4 Å². The van der Waals surface area contributed by atoms with Crippen LogP contribution in [0.2, 0.25) is 0 Å². The fourth-order valence-corrected chi connectivity index (χ4v) is 1.53. The first kappa shape index (κ1) is 10.9. The number of nitrogens with one attached hydrogen (secondary N) is 1. The number of hydrogen-bond donors (Lipinski definition) is 1. The zero-order valence-electron chi connectivity index (χ0n) is 9.22. The van der Waals surface area contributed by atoms with E-state index in [-0.39, 0.29) is 0 Å². The van der Waals surface area contributed by atoms with E-state index in [9.17, 15) is 0 Å². The molecule has 2 rings (SSSR count). The van der Waals surface area contributed by atoms with Crippen LogP contribution in [0.1, 0.15) is 18.6 Å². The summed E-state index contributed by atoms with van der Waals surface area (Å²) in [5.41, 5.74) is 0. The Kier molecular flexibility index (Phi) is 3.71. The molecule has 1 N–H and O–H groups in total. The van der Waals surface area contributed by atoms with Crippen molar-refractivity contribution in [1.82, 2.24) is 15.5 Å². The van der Waals surface area contributed by atoms with Crippen LogP contribution in [0.4, 0.5) is 0 Å². The monoisotopic (exact) mass is 221 g/mol. The van der Waals surface area contributed by atoms with Gasteiger partial charge in [-0.05, 0) is 19.1 Å². The number of rotatable bonds is 6. The average molecular weight is 221 g/mol. The van der Waals surface area contributed by atoms with Crippen molar-refractivity contribution in [3.05, 3.63) is 36.4 Å². The van der Waals surface area contributed by atoms with Crippen LogP contribution in [-0.4, -0.2) is 22.7 Å². The molecule has 0 aliphatic heterocycles. The van der Waals surface area contributed by atoms with Crippen LogP contribution >= 0.6 is 0 Å². The molecule has 16 heavy (non-hydrogen) atoms. The topological polar surface area (TPSA) is 64.1 Å². The minimum atomic E-state index is 0.370. The summed E-state index contributed by atoms with van der Waals surface area (Å²) in [6.45, 7) is 2.94. The Morgan fingerprint density at radius 3 is 3.12 bits per heavy atom. The quantitative estimate of drug-likeness (QED) is 0.799. The SMILES string of the molecule is CC(Cc1ccco1)NCCc1ncno1. The standard InChI is InChI=1S/C11H15N3O2/c1-9(7-10-3-2-6-15-10)12-5-4-11-13-8-14-16-11/h2-3,6,8-9,12H,4-5,7H2,1H3. The molecule has 2 aromatic rings. The van der Waals surface area contributed by atoms with Crippen molar-refractivity contribution in [3.8, 4) is 0 Å². The summed E-state index contributed by atoms with van der Waals surface area (Å²) >= 11 is 0. The average Bonchev–Trinajstić information content (AvgIpc) is 2.90. The lowest BCUT2D eigenvalue weighted by Gasteiger charge is -2.10. The smallest absolute Gasteiger partial charge is 0.227 e. The maximum Gasteiger partial charge on any atom is 0.227 e. The molecule has 5 nitrogen and oxygen atoms in total. The Morgan fingerprint density at radius 2 is 2.44 bits per heavy atom. The van der Waals surface area contributed by atoms with Crippen LogP contribution in [0.25, 0.3) is 0 Å². The third-order valence-electron chi connectivity index (χ3n) is 2.33. The van der Waals surface area contributed by atoms with Gasteiger partial charge in [-0.2, -0.15) is 4.98 Å². The molecule has 1 unspecified atom stereocenters.